The van der Waals surface area contributed by atoms with Crippen LogP contribution in [0.3, 0.4) is 0 Å². The maximum absolute atomic E-state index is 11.8. The average Bonchev–Trinajstić information content (AvgIpc) is 2.92. The molecule has 2 N–H and O–H groups in total. The molecule has 0 fully saturated rings. The molecule has 1 aliphatic rings. The lowest BCUT2D eigenvalue weighted by Crippen LogP contribution is -2.22. The molecule has 1 aromatic heterocycles. The van der Waals surface area contributed by atoms with Crippen molar-refractivity contribution in [2.24, 2.45) is 0 Å². The topological polar surface area (TPSA) is 71.2 Å². The van der Waals surface area contributed by atoms with E-state index in [2.05, 4.69) is 10.3 Å². The molecule has 3 rings (SSSR count). The summed E-state index contributed by atoms with van der Waals surface area (Å²) in [6, 6.07) is 5.44. The van der Waals surface area contributed by atoms with Crippen molar-refractivity contribution in [2.75, 3.05) is 7.11 Å². The molecule has 0 radical (unpaired) electrons. The zero-order valence-electron chi connectivity index (χ0n) is 9.91. The summed E-state index contributed by atoms with van der Waals surface area (Å²) >= 11 is 5.89. The lowest BCUT2D eigenvalue weighted by atomic mass is 10.1. The molecule has 0 unspecified atom stereocenters. The smallest absolute Gasteiger partial charge is 0.270 e. The molecule has 0 saturated heterocycles. The van der Waals surface area contributed by atoms with E-state index in [4.69, 9.17) is 16.3 Å². The van der Waals surface area contributed by atoms with Crippen molar-refractivity contribution in [1.29, 1.82) is 0 Å². The molecular formula is C13H9ClN2O3. The molecule has 0 spiro atoms. The number of rotatable bonds is 2. The largest absolute Gasteiger partial charge is 0.495 e. The minimum Gasteiger partial charge on any atom is -0.495 e. The maximum atomic E-state index is 11.8. The van der Waals surface area contributed by atoms with E-state index >= 15 is 0 Å². The van der Waals surface area contributed by atoms with Gasteiger partial charge in [0.25, 0.3) is 11.8 Å². The number of para-hydroxylation sites is 1. The highest BCUT2D eigenvalue weighted by atomic mass is 35.5. The fraction of sp³-hybridized carbons (Fsp3) is 0.0769. The SMILES string of the molecule is COc1cccc2c(C3=C(Cl)C(=O)NC3=O)c[nH]c12. The number of carbonyl (C=O) groups excluding carboxylic acids is 2. The molecule has 5 nitrogen and oxygen atoms in total. The van der Waals surface area contributed by atoms with Gasteiger partial charge in [0, 0.05) is 17.1 Å². The van der Waals surface area contributed by atoms with E-state index in [1.54, 1.807) is 19.4 Å². The lowest BCUT2D eigenvalue weighted by Gasteiger charge is -2.02. The second kappa shape index (κ2) is 4.13. The van der Waals surface area contributed by atoms with Gasteiger partial charge in [-0.25, -0.2) is 0 Å². The van der Waals surface area contributed by atoms with Crippen molar-refractivity contribution < 1.29 is 14.3 Å². The van der Waals surface area contributed by atoms with Crippen molar-refractivity contribution in [2.45, 2.75) is 0 Å². The van der Waals surface area contributed by atoms with Crippen LogP contribution >= 0.6 is 11.6 Å². The standard InChI is InChI=1S/C13H9ClN2O3/c1-19-8-4-2-3-6-7(5-15-11(6)8)9-10(14)13(18)16-12(9)17/h2-5,15H,1H3,(H,16,17,18). The normalized spacial score (nSPS) is 15.3. The monoisotopic (exact) mass is 276 g/mol. The van der Waals surface area contributed by atoms with Crippen LogP contribution in [0.1, 0.15) is 5.56 Å². The van der Waals surface area contributed by atoms with Crippen LogP contribution in [0.25, 0.3) is 16.5 Å². The van der Waals surface area contributed by atoms with Crippen molar-refractivity contribution in [3.63, 3.8) is 0 Å². The quantitative estimate of drug-likeness (QED) is 0.822. The van der Waals surface area contributed by atoms with Crippen molar-refractivity contribution in [3.8, 4) is 5.75 Å². The number of nitrogens with one attached hydrogen (secondary N) is 2. The Balaban J connectivity index is 2.28. The zero-order valence-corrected chi connectivity index (χ0v) is 10.7. The van der Waals surface area contributed by atoms with Crippen molar-refractivity contribution in [1.82, 2.24) is 10.3 Å². The predicted molar refractivity (Wildman–Crippen MR) is 70.8 cm³/mol. The summed E-state index contributed by atoms with van der Waals surface area (Å²) in [7, 11) is 1.56. The highest BCUT2D eigenvalue weighted by molar-refractivity contribution is 6.55. The third-order valence-electron chi connectivity index (χ3n) is 3.04. The summed E-state index contributed by atoms with van der Waals surface area (Å²) in [6.45, 7) is 0. The second-order valence-electron chi connectivity index (χ2n) is 4.06. The molecular weight excluding hydrogens is 268 g/mol. The van der Waals surface area contributed by atoms with E-state index in [-0.39, 0.29) is 10.6 Å². The molecule has 96 valence electrons. The fourth-order valence-electron chi connectivity index (χ4n) is 2.18. The summed E-state index contributed by atoms with van der Waals surface area (Å²) in [5, 5.41) is 2.86. The number of aromatic amines is 1. The summed E-state index contributed by atoms with van der Waals surface area (Å²) in [5.74, 6) is -0.400. The van der Waals surface area contributed by atoms with Crippen LogP contribution in [0.4, 0.5) is 0 Å². The zero-order chi connectivity index (χ0) is 13.6. The molecule has 0 bridgehead atoms. The minimum absolute atomic E-state index is 0.0891. The van der Waals surface area contributed by atoms with Gasteiger partial charge in [-0.3, -0.25) is 14.9 Å². The molecule has 19 heavy (non-hydrogen) atoms. The van der Waals surface area contributed by atoms with Gasteiger partial charge in [0.15, 0.2) is 0 Å². The number of imide groups is 1. The van der Waals surface area contributed by atoms with Gasteiger partial charge in [-0.1, -0.05) is 23.7 Å². The van der Waals surface area contributed by atoms with Crippen LogP contribution in [0, 0.1) is 0 Å². The fourth-order valence-corrected chi connectivity index (χ4v) is 2.41. The second-order valence-corrected chi connectivity index (χ2v) is 4.44. The van der Waals surface area contributed by atoms with Gasteiger partial charge in [-0.15, -0.1) is 0 Å². The number of ether oxygens (including phenoxy) is 1. The highest BCUT2D eigenvalue weighted by Crippen LogP contribution is 2.34. The number of fused-ring (bicyclic) bond motifs is 1. The van der Waals surface area contributed by atoms with E-state index < -0.39 is 11.8 Å². The summed E-state index contributed by atoms with van der Waals surface area (Å²) in [5.41, 5.74) is 1.53. The molecule has 1 aromatic carbocycles. The Morgan fingerprint density at radius 2 is 2.00 bits per heavy atom. The summed E-state index contributed by atoms with van der Waals surface area (Å²) in [4.78, 5) is 26.2. The van der Waals surface area contributed by atoms with Gasteiger partial charge >= 0.3 is 0 Å². The third kappa shape index (κ3) is 1.62. The van der Waals surface area contributed by atoms with Crippen molar-refractivity contribution >= 4 is 39.9 Å². The number of hydrogen-bond donors (Lipinski definition) is 2. The summed E-state index contributed by atoms with van der Waals surface area (Å²) < 4.78 is 5.23. The first-order valence-corrected chi connectivity index (χ1v) is 5.91. The lowest BCUT2D eigenvalue weighted by molar-refractivity contribution is -0.123. The molecule has 6 heteroatoms. The maximum Gasteiger partial charge on any atom is 0.270 e. The molecule has 0 atom stereocenters. The van der Waals surface area contributed by atoms with Crippen LogP contribution in [0.15, 0.2) is 29.4 Å². The first kappa shape index (κ1) is 11.8. The summed E-state index contributed by atoms with van der Waals surface area (Å²) in [6.07, 6.45) is 1.64. The van der Waals surface area contributed by atoms with Crippen LogP contribution in [0.2, 0.25) is 0 Å². The van der Waals surface area contributed by atoms with E-state index in [1.165, 1.54) is 0 Å². The van der Waals surface area contributed by atoms with Gasteiger partial charge in [-0.05, 0) is 6.07 Å². The first-order chi connectivity index (χ1) is 9.13. The predicted octanol–water partition coefficient (Wildman–Crippen LogP) is 1.78. The Labute approximate surface area is 113 Å². The third-order valence-corrected chi connectivity index (χ3v) is 3.40. The molecule has 0 aliphatic carbocycles. The first-order valence-electron chi connectivity index (χ1n) is 5.53. The number of halogens is 1. The van der Waals surface area contributed by atoms with Crippen LogP contribution in [-0.2, 0) is 9.59 Å². The van der Waals surface area contributed by atoms with E-state index in [1.807, 2.05) is 12.1 Å². The molecule has 0 saturated carbocycles. The number of methoxy groups -OCH3 is 1. The number of amides is 2. The van der Waals surface area contributed by atoms with Crippen LogP contribution in [-0.4, -0.2) is 23.9 Å². The Bertz CT molecular complexity index is 745. The Hall–Kier alpha value is -2.27. The van der Waals surface area contributed by atoms with Gasteiger partial charge in [0.05, 0.1) is 18.2 Å². The Kier molecular flexibility index (Phi) is 2.57. The van der Waals surface area contributed by atoms with Gasteiger partial charge in [0.2, 0.25) is 0 Å². The van der Waals surface area contributed by atoms with E-state index in [0.717, 1.165) is 10.9 Å². The van der Waals surface area contributed by atoms with Crippen LogP contribution in [0.5, 0.6) is 5.75 Å². The number of benzene rings is 1. The van der Waals surface area contributed by atoms with E-state index in [9.17, 15) is 9.59 Å². The number of carbonyl (C=O) groups is 2. The Morgan fingerprint density at radius 3 is 2.63 bits per heavy atom. The van der Waals surface area contributed by atoms with Gasteiger partial charge in [-0.2, -0.15) is 0 Å². The molecule has 1 aliphatic heterocycles. The number of hydrogen-bond acceptors (Lipinski definition) is 3. The molecule has 2 aromatic rings. The van der Waals surface area contributed by atoms with Crippen LogP contribution < -0.4 is 10.1 Å². The number of H-pyrrole nitrogens is 1. The Morgan fingerprint density at radius 1 is 1.21 bits per heavy atom. The average molecular weight is 277 g/mol. The van der Waals surface area contributed by atoms with E-state index in [0.29, 0.717) is 11.3 Å². The molecule has 2 heterocycles. The number of aromatic nitrogens is 1. The highest BCUT2D eigenvalue weighted by Gasteiger charge is 2.31. The minimum atomic E-state index is -0.570. The van der Waals surface area contributed by atoms with Gasteiger partial charge < -0.3 is 9.72 Å². The van der Waals surface area contributed by atoms with Crippen molar-refractivity contribution in [3.05, 3.63) is 35.0 Å². The van der Waals surface area contributed by atoms with Gasteiger partial charge in [0.1, 0.15) is 10.8 Å². The molecule has 2 amide bonds.